The summed E-state index contributed by atoms with van der Waals surface area (Å²) in [5.74, 6) is -0.193. The molecule has 2 heterocycles. The first kappa shape index (κ1) is 16.3. The number of carbonyl (C=O) groups is 2. The summed E-state index contributed by atoms with van der Waals surface area (Å²) in [7, 11) is 0. The summed E-state index contributed by atoms with van der Waals surface area (Å²) in [6.45, 7) is 0.303. The summed E-state index contributed by atoms with van der Waals surface area (Å²) in [4.78, 5) is 26.1. The van der Waals surface area contributed by atoms with Gasteiger partial charge >= 0.3 is 0 Å². The van der Waals surface area contributed by atoms with E-state index in [0.717, 1.165) is 11.3 Å². The second-order valence-electron chi connectivity index (χ2n) is 5.25. The number of carbonyl (C=O) groups excluding carboxylic acids is 2. The van der Waals surface area contributed by atoms with Crippen molar-refractivity contribution >= 4 is 52.0 Å². The van der Waals surface area contributed by atoms with Gasteiger partial charge in [-0.05, 0) is 35.6 Å². The quantitative estimate of drug-likeness (QED) is 0.890. The summed E-state index contributed by atoms with van der Waals surface area (Å²) in [6.07, 6.45) is 0.907. The van der Waals surface area contributed by atoms with E-state index in [1.54, 1.807) is 23.1 Å². The first-order chi connectivity index (χ1) is 11.1. The average molecular weight is 369 g/mol. The maximum Gasteiger partial charge on any atom is 0.243 e. The molecule has 0 aliphatic carbocycles. The van der Waals surface area contributed by atoms with Crippen molar-refractivity contribution in [1.29, 1.82) is 0 Å². The van der Waals surface area contributed by atoms with Crippen LogP contribution in [-0.4, -0.2) is 17.9 Å². The van der Waals surface area contributed by atoms with Crippen LogP contribution in [0.3, 0.4) is 0 Å². The molecule has 7 heteroatoms. The number of hydrogen-bond donors (Lipinski definition) is 1. The Morgan fingerprint density at radius 2 is 2.17 bits per heavy atom. The first-order valence-electron chi connectivity index (χ1n) is 7.12. The molecule has 0 unspecified atom stereocenters. The van der Waals surface area contributed by atoms with E-state index in [-0.39, 0.29) is 11.8 Å². The van der Waals surface area contributed by atoms with Crippen LogP contribution in [0.25, 0.3) is 0 Å². The average Bonchev–Trinajstić information content (AvgIpc) is 3.15. The Bertz CT molecular complexity index is 734. The number of rotatable bonds is 4. The van der Waals surface area contributed by atoms with Gasteiger partial charge in [0.25, 0.3) is 0 Å². The van der Waals surface area contributed by atoms with Gasteiger partial charge in [-0.15, -0.1) is 0 Å². The fourth-order valence-corrected chi connectivity index (χ4v) is 3.72. The molecular formula is C16H14Cl2N2O2S. The molecule has 0 radical (unpaired) electrons. The van der Waals surface area contributed by atoms with E-state index < -0.39 is 6.04 Å². The lowest BCUT2D eigenvalue weighted by atomic mass is 10.2. The molecule has 1 aliphatic rings. The largest absolute Gasteiger partial charge is 0.350 e. The zero-order chi connectivity index (χ0) is 16.4. The molecule has 0 saturated carbocycles. The standard InChI is InChI=1S/C16H14Cl2N2O2S/c17-11-2-1-10(13(18)7-11)8-19-16(22)14-3-4-15(21)20(14)12-5-6-23-9-12/h1-2,5-7,9,14H,3-4,8H2,(H,19,22)/t14-/m0/s1. The molecule has 0 spiro atoms. The van der Waals surface area contributed by atoms with E-state index in [1.165, 1.54) is 11.3 Å². The van der Waals surface area contributed by atoms with Gasteiger partial charge < -0.3 is 5.32 Å². The number of nitrogens with zero attached hydrogens (tertiary/aromatic N) is 1. The zero-order valence-corrected chi connectivity index (χ0v) is 14.4. The third kappa shape index (κ3) is 3.52. The predicted molar refractivity (Wildman–Crippen MR) is 93.1 cm³/mol. The fourth-order valence-electron chi connectivity index (χ4n) is 2.62. The summed E-state index contributed by atoms with van der Waals surface area (Å²) in [6, 6.07) is 6.53. The molecule has 23 heavy (non-hydrogen) atoms. The normalized spacial score (nSPS) is 17.6. The van der Waals surface area contributed by atoms with Gasteiger partial charge in [0.1, 0.15) is 6.04 Å². The van der Waals surface area contributed by atoms with Crippen LogP contribution in [0.1, 0.15) is 18.4 Å². The van der Waals surface area contributed by atoms with Gasteiger partial charge in [0.2, 0.25) is 11.8 Å². The Hall–Kier alpha value is -1.56. The minimum Gasteiger partial charge on any atom is -0.350 e. The van der Waals surface area contributed by atoms with Gasteiger partial charge in [-0.3, -0.25) is 14.5 Å². The van der Waals surface area contributed by atoms with E-state index >= 15 is 0 Å². The molecule has 1 aromatic heterocycles. The molecule has 1 aliphatic heterocycles. The molecule has 1 aromatic carbocycles. The Morgan fingerprint density at radius 3 is 2.87 bits per heavy atom. The SMILES string of the molecule is O=C(NCc1ccc(Cl)cc1Cl)[C@@H]1CCC(=O)N1c1ccsc1. The number of thiophene rings is 1. The van der Waals surface area contributed by atoms with E-state index in [4.69, 9.17) is 23.2 Å². The van der Waals surface area contributed by atoms with Crippen LogP contribution in [0.2, 0.25) is 10.0 Å². The molecule has 3 rings (SSSR count). The molecule has 0 bridgehead atoms. The molecular weight excluding hydrogens is 355 g/mol. The van der Waals surface area contributed by atoms with Crippen LogP contribution in [0, 0.1) is 0 Å². The Morgan fingerprint density at radius 1 is 1.35 bits per heavy atom. The minimum absolute atomic E-state index is 0.0203. The number of anilines is 1. The molecule has 1 saturated heterocycles. The van der Waals surface area contributed by atoms with Gasteiger partial charge in [0.05, 0.1) is 5.69 Å². The Kier molecular flexibility index (Phi) is 4.90. The molecule has 2 aromatic rings. The number of halogens is 2. The highest BCUT2D eigenvalue weighted by Crippen LogP contribution is 2.28. The van der Waals surface area contributed by atoms with Crippen molar-refractivity contribution in [1.82, 2.24) is 5.32 Å². The summed E-state index contributed by atoms with van der Waals surface area (Å²) >= 11 is 13.5. The second kappa shape index (κ2) is 6.91. The van der Waals surface area contributed by atoms with Gasteiger partial charge in [-0.25, -0.2) is 0 Å². The fraction of sp³-hybridized carbons (Fsp3) is 0.250. The highest BCUT2D eigenvalue weighted by molar-refractivity contribution is 7.08. The molecule has 1 atom stereocenters. The van der Waals surface area contributed by atoms with Crippen molar-refractivity contribution in [3.63, 3.8) is 0 Å². The highest BCUT2D eigenvalue weighted by Gasteiger charge is 2.37. The highest BCUT2D eigenvalue weighted by atomic mass is 35.5. The maximum atomic E-state index is 12.5. The lowest BCUT2D eigenvalue weighted by Crippen LogP contribution is -2.44. The van der Waals surface area contributed by atoms with Crippen LogP contribution < -0.4 is 10.2 Å². The van der Waals surface area contributed by atoms with Crippen molar-refractivity contribution < 1.29 is 9.59 Å². The number of amides is 2. The first-order valence-corrected chi connectivity index (χ1v) is 8.82. The van der Waals surface area contributed by atoms with Gasteiger partial charge in [-0.1, -0.05) is 29.3 Å². The molecule has 4 nitrogen and oxygen atoms in total. The number of benzene rings is 1. The maximum absolute atomic E-state index is 12.5. The smallest absolute Gasteiger partial charge is 0.243 e. The van der Waals surface area contributed by atoms with E-state index in [0.29, 0.717) is 29.4 Å². The second-order valence-corrected chi connectivity index (χ2v) is 6.88. The van der Waals surface area contributed by atoms with Crippen LogP contribution >= 0.6 is 34.5 Å². The third-order valence-electron chi connectivity index (χ3n) is 3.77. The predicted octanol–water partition coefficient (Wildman–Crippen LogP) is 3.87. The lowest BCUT2D eigenvalue weighted by molar-refractivity contribution is -0.124. The van der Waals surface area contributed by atoms with Crippen molar-refractivity contribution in [2.75, 3.05) is 4.90 Å². The number of hydrogen-bond acceptors (Lipinski definition) is 3. The third-order valence-corrected chi connectivity index (χ3v) is 5.02. The van der Waals surface area contributed by atoms with E-state index in [1.807, 2.05) is 16.8 Å². The van der Waals surface area contributed by atoms with Crippen molar-refractivity contribution in [2.24, 2.45) is 0 Å². The Labute approximate surface area is 148 Å². The van der Waals surface area contributed by atoms with Crippen LogP contribution in [0.15, 0.2) is 35.0 Å². The molecule has 2 amide bonds. The summed E-state index contributed by atoms with van der Waals surface area (Å²) in [5, 5.41) is 7.68. The van der Waals surface area contributed by atoms with E-state index in [2.05, 4.69) is 5.32 Å². The molecule has 1 N–H and O–H groups in total. The van der Waals surface area contributed by atoms with Crippen LogP contribution in [-0.2, 0) is 16.1 Å². The number of nitrogens with one attached hydrogen (secondary N) is 1. The van der Waals surface area contributed by atoms with Crippen molar-refractivity contribution in [2.45, 2.75) is 25.4 Å². The van der Waals surface area contributed by atoms with Gasteiger partial charge in [0, 0.05) is 28.4 Å². The molecule has 1 fully saturated rings. The lowest BCUT2D eigenvalue weighted by Gasteiger charge is -2.23. The van der Waals surface area contributed by atoms with Crippen molar-refractivity contribution in [3.05, 3.63) is 50.6 Å². The van der Waals surface area contributed by atoms with E-state index in [9.17, 15) is 9.59 Å². The summed E-state index contributed by atoms with van der Waals surface area (Å²) < 4.78 is 0. The minimum atomic E-state index is -0.469. The molecule has 120 valence electrons. The zero-order valence-electron chi connectivity index (χ0n) is 12.1. The monoisotopic (exact) mass is 368 g/mol. The van der Waals surface area contributed by atoms with Crippen LogP contribution in [0.4, 0.5) is 5.69 Å². The Balaban J connectivity index is 1.69. The van der Waals surface area contributed by atoms with Gasteiger partial charge in [-0.2, -0.15) is 11.3 Å². The summed E-state index contributed by atoms with van der Waals surface area (Å²) in [5.41, 5.74) is 1.57. The van der Waals surface area contributed by atoms with Crippen molar-refractivity contribution in [3.8, 4) is 0 Å². The van der Waals surface area contributed by atoms with Crippen LogP contribution in [0.5, 0.6) is 0 Å². The van der Waals surface area contributed by atoms with Gasteiger partial charge in [0.15, 0.2) is 0 Å². The topological polar surface area (TPSA) is 49.4 Å².